The van der Waals surface area contributed by atoms with E-state index in [1.807, 2.05) is 0 Å². The highest BCUT2D eigenvalue weighted by atomic mass is 16.1. The lowest BCUT2D eigenvalue weighted by molar-refractivity contribution is -0.105. The molecule has 0 saturated carbocycles. The minimum absolute atomic E-state index is 0.119. The van der Waals surface area contributed by atoms with Crippen LogP contribution in [0.15, 0.2) is 18.2 Å². The first-order chi connectivity index (χ1) is 10.8. The summed E-state index contributed by atoms with van der Waals surface area (Å²) in [5.41, 5.74) is 3.86. The Morgan fingerprint density at radius 3 is 2.43 bits per heavy atom. The van der Waals surface area contributed by atoms with Gasteiger partial charge < -0.3 is 10.2 Å². The lowest BCUT2D eigenvalue weighted by Crippen LogP contribution is -2.41. The molecular formula is C20H32N2O. The first kappa shape index (κ1) is 18.0. The van der Waals surface area contributed by atoms with Gasteiger partial charge in [0.05, 0.1) is 0 Å². The molecule has 1 aromatic rings. The van der Waals surface area contributed by atoms with Crippen LogP contribution in [0.25, 0.3) is 0 Å². The molecule has 1 aromatic carbocycles. The average molecular weight is 316 g/mol. The van der Waals surface area contributed by atoms with Crippen LogP contribution in [0.4, 0.5) is 5.69 Å². The summed E-state index contributed by atoms with van der Waals surface area (Å²) in [6.07, 6.45) is 4.31. The van der Waals surface area contributed by atoms with Crippen molar-refractivity contribution in [1.29, 1.82) is 0 Å². The number of benzene rings is 1. The summed E-state index contributed by atoms with van der Waals surface area (Å²) in [5.74, 6) is 0. The van der Waals surface area contributed by atoms with E-state index in [0.29, 0.717) is 0 Å². The van der Waals surface area contributed by atoms with Gasteiger partial charge in [-0.15, -0.1) is 0 Å². The highest BCUT2D eigenvalue weighted by Gasteiger charge is 2.34. The van der Waals surface area contributed by atoms with E-state index < -0.39 is 0 Å². The van der Waals surface area contributed by atoms with Crippen LogP contribution in [0.2, 0.25) is 0 Å². The summed E-state index contributed by atoms with van der Waals surface area (Å²) >= 11 is 0. The second-order valence-corrected chi connectivity index (χ2v) is 8.17. The summed E-state index contributed by atoms with van der Waals surface area (Å²) in [6.45, 7) is 14.8. The van der Waals surface area contributed by atoms with Crippen molar-refractivity contribution in [3.05, 3.63) is 29.3 Å². The van der Waals surface area contributed by atoms with Crippen molar-refractivity contribution in [2.75, 3.05) is 25.0 Å². The van der Waals surface area contributed by atoms with Crippen molar-refractivity contribution in [3.8, 4) is 0 Å². The minimum atomic E-state index is 0.119. The van der Waals surface area contributed by atoms with Crippen LogP contribution >= 0.6 is 0 Å². The van der Waals surface area contributed by atoms with E-state index in [1.165, 1.54) is 24.1 Å². The van der Waals surface area contributed by atoms with E-state index in [1.54, 1.807) is 0 Å². The molecule has 0 bridgehead atoms. The van der Waals surface area contributed by atoms with Crippen molar-refractivity contribution in [2.24, 2.45) is 0 Å². The lowest BCUT2D eigenvalue weighted by Gasteiger charge is -2.41. The smallest absolute Gasteiger partial charge is 0.211 e. The second kappa shape index (κ2) is 7.04. The number of nitrogens with zero attached hydrogens (tertiary/aromatic N) is 1. The van der Waals surface area contributed by atoms with Crippen molar-refractivity contribution in [1.82, 2.24) is 4.90 Å². The van der Waals surface area contributed by atoms with Gasteiger partial charge in [-0.2, -0.15) is 0 Å². The summed E-state index contributed by atoms with van der Waals surface area (Å²) < 4.78 is 0. The SMILES string of the molecule is CCCN1CCC(C)(c2cc(C(C)(C)C)ccc2NC=O)CC1. The van der Waals surface area contributed by atoms with Crippen LogP contribution in [-0.4, -0.2) is 30.9 Å². The Morgan fingerprint density at radius 2 is 1.91 bits per heavy atom. The average Bonchev–Trinajstić information content (AvgIpc) is 2.49. The maximum atomic E-state index is 11.0. The van der Waals surface area contributed by atoms with Gasteiger partial charge in [-0.1, -0.05) is 46.8 Å². The third-order valence-electron chi connectivity index (χ3n) is 5.25. The maximum absolute atomic E-state index is 11.0. The summed E-state index contributed by atoms with van der Waals surface area (Å²) in [7, 11) is 0. The normalized spacial score (nSPS) is 18.7. The Balaban J connectivity index is 2.33. The van der Waals surface area contributed by atoms with Gasteiger partial charge >= 0.3 is 0 Å². The zero-order chi connectivity index (χ0) is 17.1. The van der Waals surface area contributed by atoms with Gasteiger partial charge in [0.1, 0.15) is 0 Å². The molecule has 1 fully saturated rings. The zero-order valence-electron chi connectivity index (χ0n) is 15.4. The zero-order valence-corrected chi connectivity index (χ0v) is 15.4. The fraction of sp³-hybridized carbons (Fsp3) is 0.650. The first-order valence-corrected chi connectivity index (χ1v) is 8.88. The Hall–Kier alpha value is -1.35. The topological polar surface area (TPSA) is 32.3 Å². The van der Waals surface area contributed by atoms with Crippen LogP contribution in [0, 0.1) is 0 Å². The monoisotopic (exact) mass is 316 g/mol. The van der Waals surface area contributed by atoms with Gasteiger partial charge in [-0.3, -0.25) is 4.79 Å². The predicted molar refractivity (Wildman–Crippen MR) is 98.1 cm³/mol. The number of carbonyl (C=O) groups is 1. The molecule has 128 valence electrons. The van der Waals surface area contributed by atoms with E-state index >= 15 is 0 Å². The second-order valence-electron chi connectivity index (χ2n) is 8.17. The van der Waals surface area contributed by atoms with E-state index in [2.05, 4.69) is 63.0 Å². The molecule has 2 rings (SSSR count). The molecule has 3 nitrogen and oxygen atoms in total. The summed E-state index contributed by atoms with van der Waals surface area (Å²) in [4.78, 5) is 13.6. The number of hydrogen-bond donors (Lipinski definition) is 1. The quantitative estimate of drug-likeness (QED) is 0.821. The first-order valence-electron chi connectivity index (χ1n) is 8.88. The molecule has 0 radical (unpaired) electrons. The van der Waals surface area contributed by atoms with E-state index in [9.17, 15) is 4.79 Å². The molecule has 0 atom stereocenters. The van der Waals surface area contributed by atoms with Gasteiger partial charge in [0.15, 0.2) is 0 Å². The number of carbonyl (C=O) groups excluding carboxylic acids is 1. The summed E-state index contributed by atoms with van der Waals surface area (Å²) in [6, 6.07) is 6.54. The fourth-order valence-electron chi connectivity index (χ4n) is 3.56. The van der Waals surface area contributed by atoms with Crippen LogP contribution in [0.5, 0.6) is 0 Å². The third kappa shape index (κ3) is 4.14. The molecule has 1 heterocycles. The lowest BCUT2D eigenvalue weighted by atomic mass is 9.72. The van der Waals surface area contributed by atoms with Gasteiger partial charge in [0.25, 0.3) is 0 Å². The number of likely N-dealkylation sites (tertiary alicyclic amines) is 1. The van der Waals surface area contributed by atoms with Crippen molar-refractivity contribution in [2.45, 2.75) is 64.7 Å². The van der Waals surface area contributed by atoms with E-state index in [0.717, 1.165) is 38.0 Å². The van der Waals surface area contributed by atoms with Gasteiger partial charge in [-0.25, -0.2) is 0 Å². The maximum Gasteiger partial charge on any atom is 0.211 e. The molecule has 1 saturated heterocycles. The molecule has 0 unspecified atom stereocenters. The Bertz CT molecular complexity index is 537. The Labute approximate surface area is 141 Å². The molecule has 0 aliphatic carbocycles. The molecule has 1 aliphatic heterocycles. The van der Waals surface area contributed by atoms with Crippen LogP contribution in [0.1, 0.15) is 65.0 Å². The van der Waals surface area contributed by atoms with E-state index in [4.69, 9.17) is 0 Å². The van der Waals surface area contributed by atoms with Gasteiger partial charge in [-0.05, 0) is 66.9 Å². The minimum Gasteiger partial charge on any atom is -0.328 e. The number of piperidine rings is 1. The molecule has 0 aromatic heterocycles. The number of nitrogens with one attached hydrogen (secondary N) is 1. The predicted octanol–water partition coefficient (Wildman–Crippen LogP) is 4.32. The van der Waals surface area contributed by atoms with Gasteiger partial charge in [0, 0.05) is 5.69 Å². The number of rotatable bonds is 5. The molecule has 1 amide bonds. The molecule has 23 heavy (non-hydrogen) atoms. The van der Waals surface area contributed by atoms with Crippen molar-refractivity contribution >= 4 is 12.1 Å². The molecule has 0 spiro atoms. The number of hydrogen-bond acceptors (Lipinski definition) is 2. The molecule has 3 heteroatoms. The highest BCUT2D eigenvalue weighted by molar-refractivity contribution is 5.74. The third-order valence-corrected chi connectivity index (χ3v) is 5.25. The highest BCUT2D eigenvalue weighted by Crippen LogP contribution is 2.40. The van der Waals surface area contributed by atoms with Crippen LogP contribution in [-0.2, 0) is 15.6 Å². The van der Waals surface area contributed by atoms with Crippen LogP contribution < -0.4 is 5.32 Å². The molecule has 1 aliphatic rings. The van der Waals surface area contributed by atoms with Crippen LogP contribution in [0.3, 0.4) is 0 Å². The van der Waals surface area contributed by atoms with Gasteiger partial charge in [0.2, 0.25) is 6.41 Å². The molecule has 1 N–H and O–H groups in total. The fourth-order valence-corrected chi connectivity index (χ4v) is 3.56. The molecular weight excluding hydrogens is 284 g/mol. The standard InChI is InChI=1S/C20H32N2O/c1-6-11-22-12-9-20(5,10-13-22)17-14-16(19(2,3)4)7-8-18(17)21-15-23/h7-8,14-15H,6,9-13H2,1-5H3,(H,21,23). The largest absolute Gasteiger partial charge is 0.328 e. The Kier molecular flexibility index (Phi) is 5.51. The van der Waals surface area contributed by atoms with Crippen molar-refractivity contribution in [3.63, 3.8) is 0 Å². The number of anilines is 1. The number of amides is 1. The van der Waals surface area contributed by atoms with Crippen molar-refractivity contribution < 1.29 is 4.79 Å². The van der Waals surface area contributed by atoms with E-state index in [-0.39, 0.29) is 10.8 Å². The summed E-state index contributed by atoms with van der Waals surface area (Å²) in [5, 5.41) is 2.92. The Morgan fingerprint density at radius 1 is 1.26 bits per heavy atom.